The van der Waals surface area contributed by atoms with Gasteiger partial charge < -0.3 is 20.7 Å². The smallest absolute Gasteiger partial charge is 0.325 e. The number of nitrogen functional groups attached to an aromatic ring is 1. The summed E-state index contributed by atoms with van der Waals surface area (Å²) in [6.45, 7) is 0.300. The Balaban J connectivity index is 1.10. The zero-order valence-corrected chi connectivity index (χ0v) is 24.5. The average Bonchev–Trinajstić information content (AvgIpc) is 3.02. The summed E-state index contributed by atoms with van der Waals surface area (Å²) in [5, 5.41) is 12.3. The van der Waals surface area contributed by atoms with Gasteiger partial charge in [-0.05, 0) is 71.5 Å². The number of aryl methyl sites for hydroxylation is 2. The summed E-state index contributed by atoms with van der Waals surface area (Å²) in [4.78, 5) is 27.4. The normalized spacial score (nSPS) is 12.9. The first-order chi connectivity index (χ1) is 20.7. The maximum absolute atomic E-state index is 13.1. The molecule has 0 aromatic heterocycles. The summed E-state index contributed by atoms with van der Waals surface area (Å²) in [6.07, 6.45) is 2.61. The van der Waals surface area contributed by atoms with E-state index in [4.69, 9.17) is 15.9 Å². The van der Waals surface area contributed by atoms with Crippen molar-refractivity contribution in [2.24, 2.45) is 5.73 Å². The number of rotatable bonds is 11. The summed E-state index contributed by atoms with van der Waals surface area (Å²) in [6, 6.07) is 25.5. The highest BCUT2D eigenvalue weighted by atomic mass is 32.2. The van der Waals surface area contributed by atoms with Gasteiger partial charge in [-0.1, -0.05) is 54.6 Å². The number of anilines is 2. The summed E-state index contributed by atoms with van der Waals surface area (Å²) in [5.41, 5.74) is 9.79. The van der Waals surface area contributed by atoms with Gasteiger partial charge in [0.1, 0.15) is 19.0 Å². The number of fused-ring (bicyclic) bond motifs is 2. The number of sulfone groups is 1. The molecule has 0 saturated carbocycles. The summed E-state index contributed by atoms with van der Waals surface area (Å²) in [5.74, 6) is -0.801. The van der Waals surface area contributed by atoms with Crippen LogP contribution in [0.25, 0.3) is 10.8 Å². The Hall–Kier alpha value is -4.70. The number of nitrogens with one attached hydrogen (secondary N) is 2. The van der Waals surface area contributed by atoms with Gasteiger partial charge in [0.25, 0.3) is 0 Å². The van der Waals surface area contributed by atoms with E-state index in [0.29, 0.717) is 24.9 Å². The van der Waals surface area contributed by atoms with E-state index in [1.54, 1.807) is 30.3 Å². The molecule has 1 aliphatic rings. The predicted molar refractivity (Wildman–Crippen MR) is 168 cm³/mol. The molecule has 10 heteroatoms. The van der Waals surface area contributed by atoms with E-state index >= 15 is 0 Å². The lowest BCUT2D eigenvalue weighted by molar-refractivity contribution is -0.140. The van der Waals surface area contributed by atoms with E-state index in [1.807, 2.05) is 59.5 Å². The van der Waals surface area contributed by atoms with Crippen molar-refractivity contribution < 1.29 is 22.7 Å². The van der Waals surface area contributed by atoms with Gasteiger partial charge in [-0.2, -0.15) is 0 Å². The van der Waals surface area contributed by atoms with Crippen molar-refractivity contribution in [1.82, 2.24) is 0 Å². The number of amides is 1. The van der Waals surface area contributed by atoms with E-state index in [1.165, 1.54) is 0 Å². The van der Waals surface area contributed by atoms with Crippen LogP contribution in [-0.4, -0.2) is 51.6 Å². The molecule has 9 nitrogen and oxygen atoms in total. The Morgan fingerprint density at radius 1 is 0.953 bits per heavy atom. The molecule has 0 spiro atoms. The number of ether oxygens (including phenoxy) is 1. The molecule has 0 bridgehead atoms. The lowest BCUT2D eigenvalue weighted by Crippen LogP contribution is -2.35. The average molecular weight is 599 g/mol. The van der Waals surface area contributed by atoms with Crippen LogP contribution in [0.1, 0.15) is 29.5 Å². The highest BCUT2D eigenvalue weighted by Crippen LogP contribution is 2.30. The number of hydrogen-bond donors (Lipinski definition) is 3. The Morgan fingerprint density at radius 3 is 2.49 bits per heavy atom. The highest BCUT2D eigenvalue weighted by Gasteiger charge is 2.23. The molecule has 0 aliphatic carbocycles. The predicted octanol–water partition coefficient (Wildman–Crippen LogP) is 4.46. The van der Waals surface area contributed by atoms with Crippen LogP contribution < -0.4 is 16.0 Å². The molecule has 1 amide bonds. The van der Waals surface area contributed by atoms with Gasteiger partial charge in [0.2, 0.25) is 5.91 Å². The first-order valence-electron chi connectivity index (χ1n) is 14.2. The maximum Gasteiger partial charge on any atom is 0.325 e. The molecule has 0 radical (unpaired) electrons. The zero-order chi connectivity index (χ0) is 30.4. The van der Waals surface area contributed by atoms with Gasteiger partial charge in [-0.3, -0.25) is 15.0 Å². The van der Waals surface area contributed by atoms with Crippen LogP contribution in [0.5, 0.6) is 0 Å². The highest BCUT2D eigenvalue weighted by molar-refractivity contribution is 7.91. The maximum atomic E-state index is 13.1. The minimum atomic E-state index is -3.60. The number of hydrogen-bond acceptors (Lipinski definition) is 7. The van der Waals surface area contributed by atoms with Crippen LogP contribution in [0.3, 0.4) is 0 Å². The van der Waals surface area contributed by atoms with Crippen molar-refractivity contribution in [3.63, 3.8) is 0 Å². The molecule has 0 unspecified atom stereocenters. The molecule has 0 saturated heterocycles. The van der Waals surface area contributed by atoms with Gasteiger partial charge in [-0.15, -0.1) is 0 Å². The van der Waals surface area contributed by atoms with E-state index < -0.39 is 15.8 Å². The van der Waals surface area contributed by atoms with Gasteiger partial charge in [0.05, 0.1) is 10.6 Å². The summed E-state index contributed by atoms with van der Waals surface area (Å²) >= 11 is 0. The van der Waals surface area contributed by atoms with E-state index in [-0.39, 0.29) is 35.5 Å². The fourth-order valence-electron chi connectivity index (χ4n) is 5.17. The van der Waals surface area contributed by atoms with E-state index in [0.717, 1.165) is 46.1 Å². The molecule has 1 aliphatic heterocycles. The van der Waals surface area contributed by atoms with Crippen LogP contribution in [0.4, 0.5) is 11.4 Å². The standard InChI is InChI=1S/C33H34N4O5S/c34-33(35)25-10-7-23(8-11-25)9-16-31(38)37-17-3-6-27-20-28(13-15-30(27)37)36-22-32(39)42-18-19-43(40,41)29-14-12-24-4-1-2-5-26(24)21-29/h1-2,4-5,7-8,10-15,20-21,36H,3,6,9,16-19,22H2,(H3,34,35). The largest absolute Gasteiger partial charge is 0.463 e. The second-order valence-corrected chi connectivity index (χ2v) is 12.6. The molecule has 4 aromatic carbocycles. The number of carbonyl (C=O) groups excluding carboxylic acids is 2. The number of benzene rings is 4. The summed E-state index contributed by atoms with van der Waals surface area (Å²) in [7, 11) is -3.60. The van der Waals surface area contributed by atoms with Crippen molar-refractivity contribution >= 4 is 49.7 Å². The van der Waals surface area contributed by atoms with Crippen molar-refractivity contribution in [2.75, 3.05) is 35.7 Å². The van der Waals surface area contributed by atoms with E-state index in [9.17, 15) is 18.0 Å². The molecule has 222 valence electrons. The van der Waals surface area contributed by atoms with Crippen molar-refractivity contribution in [3.05, 3.63) is 102 Å². The molecule has 1 heterocycles. The minimum Gasteiger partial charge on any atom is -0.463 e. The second-order valence-electron chi connectivity index (χ2n) is 10.5. The monoisotopic (exact) mass is 598 g/mol. The quantitative estimate of drug-likeness (QED) is 0.131. The number of esters is 1. The molecule has 4 N–H and O–H groups in total. The number of amidine groups is 1. The number of nitrogens with two attached hydrogens (primary N) is 1. The van der Waals surface area contributed by atoms with Gasteiger partial charge in [0, 0.05) is 29.9 Å². The fraction of sp³-hybridized carbons (Fsp3) is 0.242. The molecule has 0 fully saturated rings. The van der Waals surface area contributed by atoms with Crippen molar-refractivity contribution in [3.8, 4) is 0 Å². The number of carbonyl (C=O) groups is 2. The lowest BCUT2D eigenvalue weighted by Gasteiger charge is -2.30. The fourth-order valence-corrected chi connectivity index (χ4v) is 6.29. The molecular weight excluding hydrogens is 564 g/mol. The zero-order valence-electron chi connectivity index (χ0n) is 23.7. The van der Waals surface area contributed by atoms with Crippen molar-refractivity contribution in [2.45, 2.75) is 30.6 Å². The van der Waals surface area contributed by atoms with Gasteiger partial charge in [0.15, 0.2) is 9.84 Å². The van der Waals surface area contributed by atoms with E-state index in [2.05, 4.69) is 5.32 Å². The van der Waals surface area contributed by atoms with Crippen LogP contribution in [0.2, 0.25) is 0 Å². The third-order valence-electron chi connectivity index (χ3n) is 7.52. The summed E-state index contributed by atoms with van der Waals surface area (Å²) < 4.78 is 30.7. The minimum absolute atomic E-state index is 0.0154. The Kier molecular flexibility index (Phi) is 9.06. The topological polar surface area (TPSA) is 143 Å². The molecule has 0 atom stereocenters. The Labute approximate surface area is 251 Å². The van der Waals surface area contributed by atoms with Gasteiger partial charge in [-0.25, -0.2) is 8.42 Å². The SMILES string of the molecule is N=C(N)c1ccc(CCC(=O)N2CCCc3cc(NCC(=O)OCCS(=O)(=O)c4ccc5ccccc5c4)ccc32)cc1. The molecular formula is C33H34N4O5S. The Morgan fingerprint density at radius 2 is 1.72 bits per heavy atom. The first kappa shape index (κ1) is 29.8. The van der Waals surface area contributed by atoms with Crippen LogP contribution >= 0.6 is 0 Å². The second kappa shape index (κ2) is 13.1. The lowest BCUT2D eigenvalue weighted by atomic mass is 9.99. The molecule has 43 heavy (non-hydrogen) atoms. The first-order valence-corrected chi connectivity index (χ1v) is 15.8. The third-order valence-corrected chi connectivity index (χ3v) is 9.20. The van der Waals surface area contributed by atoms with Crippen LogP contribution in [0, 0.1) is 5.41 Å². The molecule has 4 aromatic rings. The number of nitrogens with zero attached hydrogens (tertiary/aromatic N) is 1. The molecule has 5 rings (SSSR count). The van der Waals surface area contributed by atoms with Crippen molar-refractivity contribution in [1.29, 1.82) is 5.41 Å². The van der Waals surface area contributed by atoms with Crippen LogP contribution in [-0.2, 0) is 37.0 Å². The third kappa shape index (κ3) is 7.39. The Bertz CT molecular complexity index is 1770. The van der Waals surface area contributed by atoms with Gasteiger partial charge >= 0.3 is 5.97 Å². The van der Waals surface area contributed by atoms with Crippen LogP contribution in [0.15, 0.2) is 89.8 Å².